The Morgan fingerprint density at radius 3 is 2.67 bits per heavy atom. The topological polar surface area (TPSA) is 68.0 Å². The van der Waals surface area contributed by atoms with Crippen LogP contribution in [0.3, 0.4) is 0 Å². The highest BCUT2D eigenvalue weighted by Gasteiger charge is 2.24. The van der Waals surface area contributed by atoms with E-state index >= 15 is 0 Å². The molecule has 0 bridgehead atoms. The summed E-state index contributed by atoms with van der Waals surface area (Å²) in [5, 5.41) is 2.70. The van der Waals surface area contributed by atoms with Crippen LogP contribution in [0.25, 0.3) is 0 Å². The Bertz CT molecular complexity index is 376. The van der Waals surface area contributed by atoms with Gasteiger partial charge in [-0.15, -0.1) is 0 Å². The molecular formula is C10H13N3OS. The predicted molar refractivity (Wildman–Crippen MR) is 62.6 cm³/mol. The van der Waals surface area contributed by atoms with Crippen molar-refractivity contribution in [2.24, 2.45) is 5.73 Å². The van der Waals surface area contributed by atoms with Crippen LogP contribution in [-0.2, 0) is 0 Å². The molecule has 0 aliphatic heterocycles. The van der Waals surface area contributed by atoms with Crippen molar-refractivity contribution in [2.45, 2.75) is 19.4 Å². The highest BCUT2D eigenvalue weighted by molar-refractivity contribution is 7.80. The van der Waals surface area contributed by atoms with Gasteiger partial charge in [0.15, 0.2) is 0 Å². The first kappa shape index (κ1) is 11.6. The molecule has 0 fully saturated rings. The van der Waals surface area contributed by atoms with Gasteiger partial charge in [-0.05, 0) is 26.0 Å². The molecular weight excluding hydrogens is 210 g/mol. The normalized spacial score (nSPS) is 10.8. The quantitative estimate of drug-likeness (QED) is 0.746. The standard InChI is InChI=1S/C10H13N3OS/c1-10(2,9(11)15)13-8(14)7-5-3-4-6-12-7/h3-6H,1-2H3,(H2,11,15)(H,13,14). The van der Waals surface area contributed by atoms with E-state index in [2.05, 4.69) is 10.3 Å². The van der Waals surface area contributed by atoms with E-state index in [-0.39, 0.29) is 10.9 Å². The summed E-state index contributed by atoms with van der Waals surface area (Å²) in [5.41, 5.74) is 5.14. The van der Waals surface area contributed by atoms with E-state index in [1.54, 1.807) is 38.2 Å². The van der Waals surface area contributed by atoms with Gasteiger partial charge < -0.3 is 11.1 Å². The number of pyridine rings is 1. The van der Waals surface area contributed by atoms with E-state index in [4.69, 9.17) is 18.0 Å². The number of nitrogens with zero attached hydrogens (tertiary/aromatic N) is 1. The summed E-state index contributed by atoms with van der Waals surface area (Å²) in [7, 11) is 0. The monoisotopic (exact) mass is 223 g/mol. The van der Waals surface area contributed by atoms with Gasteiger partial charge in [0.25, 0.3) is 5.91 Å². The van der Waals surface area contributed by atoms with E-state index in [0.717, 1.165) is 0 Å². The molecule has 15 heavy (non-hydrogen) atoms. The number of nitrogens with one attached hydrogen (secondary N) is 1. The number of hydrogen-bond acceptors (Lipinski definition) is 3. The third-order valence-corrected chi connectivity index (χ3v) is 2.45. The van der Waals surface area contributed by atoms with E-state index in [1.165, 1.54) is 0 Å². The number of hydrogen-bond donors (Lipinski definition) is 2. The van der Waals surface area contributed by atoms with Crippen molar-refractivity contribution in [3.05, 3.63) is 30.1 Å². The summed E-state index contributed by atoms with van der Waals surface area (Å²) in [5.74, 6) is -0.284. The molecule has 0 aromatic carbocycles. The van der Waals surface area contributed by atoms with Crippen LogP contribution in [0.5, 0.6) is 0 Å². The van der Waals surface area contributed by atoms with Gasteiger partial charge in [0, 0.05) is 6.20 Å². The van der Waals surface area contributed by atoms with Crippen LogP contribution in [0, 0.1) is 0 Å². The molecule has 0 saturated heterocycles. The maximum Gasteiger partial charge on any atom is 0.270 e. The van der Waals surface area contributed by atoms with Gasteiger partial charge in [-0.2, -0.15) is 0 Å². The third-order valence-electron chi connectivity index (χ3n) is 1.94. The smallest absolute Gasteiger partial charge is 0.270 e. The number of carbonyl (C=O) groups is 1. The SMILES string of the molecule is CC(C)(NC(=O)c1ccccn1)C(N)=S. The van der Waals surface area contributed by atoms with Crippen LogP contribution >= 0.6 is 12.2 Å². The first-order valence-electron chi connectivity index (χ1n) is 4.47. The second-order valence-electron chi connectivity index (χ2n) is 3.66. The summed E-state index contributed by atoms with van der Waals surface area (Å²) in [6.45, 7) is 3.49. The van der Waals surface area contributed by atoms with Crippen molar-refractivity contribution >= 4 is 23.1 Å². The number of aromatic nitrogens is 1. The Labute approximate surface area is 93.9 Å². The average molecular weight is 223 g/mol. The highest BCUT2D eigenvalue weighted by atomic mass is 32.1. The van der Waals surface area contributed by atoms with Gasteiger partial charge >= 0.3 is 0 Å². The molecule has 0 spiro atoms. The number of nitrogens with two attached hydrogens (primary N) is 1. The zero-order chi connectivity index (χ0) is 11.5. The first-order valence-corrected chi connectivity index (χ1v) is 4.88. The molecule has 5 heteroatoms. The molecule has 0 aliphatic rings. The lowest BCUT2D eigenvalue weighted by atomic mass is 10.1. The molecule has 4 nitrogen and oxygen atoms in total. The predicted octanol–water partition coefficient (Wildman–Crippen LogP) is 0.876. The van der Waals surface area contributed by atoms with Crippen molar-refractivity contribution < 1.29 is 4.79 Å². The fraction of sp³-hybridized carbons (Fsp3) is 0.300. The molecule has 1 heterocycles. The molecule has 0 aliphatic carbocycles. The Morgan fingerprint density at radius 2 is 2.20 bits per heavy atom. The summed E-state index contributed by atoms with van der Waals surface area (Å²) < 4.78 is 0. The van der Waals surface area contributed by atoms with Crippen LogP contribution in [-0.4, -0.2) is 21.4 Å². The fourth-order valence-corrected chi connectivity index (χ4v) is 0.958. The Kier molecular flexibility index (Phi) is 3.36. The van der Waals surface area contributed by atoms with E-state index in [1.807, 2.05) is 0 Å². The molecule has 1 aromatic rings. The van der Waals surface area contributed by atoms with Crippen molar-refractivity contribution in [3.63, 3.8) is 0 Å². The van der Waals surface area contributed by atoms with Gasteiger partial charge in [-0.3, -0.25) is 9.78 Å². The van der Waals surface area contributed by atoms with Crippen molar-refractivity contribution in [2.75, 3.05) is 0 Å². The van der Waals surface area contributed by atoms with E-state index in [9.17, 15) is 4.79 Å². The zero-order valence-electron chi connectivity index (χ0n) is 8.65. The maximum atomic E-state index is 11.7. The van der Waals surface area contributed by atoms with E-state index in [0.29, 0.717) is 5.69 Å². The molecule has 0 saturated carbocycles. The number of amides is 1. The average Bonchev–Trinajstić information content (AvgIpc) is 2.18. The lowest BCUT2D eigenvalue weighted by Crippen LogP contribution is -2.52. The summed E-state index contributed by atoms with van der Waals surface area (Å²) >= 11 is 4.84. The summed E-state index contributed by atoms with van der Waals surface area (Å²) in [4.78, 5) is 15.8. The van der Waals surface area contributed by atoms with Crippen molar-refractivity contribution in [3.8, 4) is 0 Å². The number of carbonyl (C=O) groups excluding carboxylic acids is 1. The number of rotatable bonds is 3. The largest absolute Gasteiger partial charge is 0.391 e. The van der Waals surface area contributed by atoms with Gasteiger partial charge in [0.1, 0.15) is 5.69 Å². The van der Waals surface area contributed by atoms with Crippen LogP contribution in [0.1, 0.15) is 24.3 Å². The molecule has 3 N–H and O–H groups in total. The molecule has 0 atom stereocenters. The van der Waals surface area contributed by atoms with Crippen LogP contribution in [0.2, 0.25) is 0 Å². The van der Waals surface area contributed by atoms with Gasteiger partial charge in [-0.1, -0.05) is 18.3 Å². The molecule has 1 amide bonds. The van der Waals surface area contributed by atoms with Crippen molar-refractivity contribution in [1.82, 2.24) is 10.3 Å². The zero-order valence-corrected chi connectivity index (χ0v) is 9.47. The fourth-order valence-electron chi connectivity index (χ4n) is 0.907. The Hall–Kier alpha value is -1.49. The molecule has 0 unspecified atom stereocenters. The number of thiocarbonyl (C=S) groups is 1. The second kappa shape index (κ2) is 4.35. The molecule has 0 radical (unpaired) electrons. The molecule has 80 valence electrons. The lowest BCUT2D eigenvalue weighted by molar-refractivity contribution is 0.0927. The first-order chi connectivity index (χ1) is 6.93. The molecule has 1 aromatic heterocycles. The van der Waals surface area contributed by atoms with Gasteiger partial charge in [0.2, 0.25) is 0 Å². The van der Waals surface area contributed by atoms with Gasteiger partial charge in [-0.25, -0.2) is 0 Å². The lowest BCUT2D eigenvalue weighted by Gasteiger charge is -2.24. The van der Waals surface area contributed by atoms with Crippen LogP contribution in [0.15, 0.2) is 24.4 Å². The highest BCUT2D eigenvalue weighted by Crippen LogP contribution is 2.04. The second-order valence-corrected chi connectivity index (χ2v) is 4.10. The van der Waals surface area contributed by atoms with Crippen molar-refractivity contribution in [1.29, 1.82) is 0 Å². The minimum atomic E-state index is -0.704. The van der Waals surface area contributed by atoms with Gasteiger partial charge in [0.05, 0.1) is 10.5 Å². The Morgan fingerprint density at radius 1 is 1.53 bits per heavy atom. The third kappa shape index (κ3) is 2.99. The van der Waals surface area contributed by atoms with E-state index < -0.39 is 5.54 Å². The molecule has 1 rings (SSSR count). The van der Waals surface area contributed by atoms with Crippen LogP contribution < -0.4 is 11.1 Å². The minimum absolute atomic E-state index is 0.242. The maximum absolute atomic E-state index is 11.7. The Balaban J connectivity index is 2.77. The summed E-state index contributed by atoms with van der Waals surface area (Å²) in [6, 6.07) is 5.12. The van der Waals surface area contributed by atoms with Crippen LogP contribution in [0.4, 0.5) is 0 Å². The summed E-state index contributed by atoms with van der Waals surface area (Å²) in [6.07, 6.45) is 1.56. The minimum Gasteiger partial charge on any atom is -0.391 e.